The van der Waals surface area contributed by atoms with Crippen molar-refractivity contribution in [2.24, 2.45) is 0 Å². The van der Waals surface area contributed by atoms with Crippen molar-refractivity contribution < 1.29 is 0 Å². The topological polar surface area (TPSA) is 37.8 Å². The van der Waals surface area contributed by atoms with Crippen LogP contribution in [0.1, 0.15) is 32.2 Å². The van der Waals surface area contributed by atoms with E-state index >= 15 is 0 Å². The van der Waals surface area contributed by atoms with Gasteiger partial charge in [0.2, 0.25) is 0 Å². The van der Waals surface area contributed by atoms with Gasteiger partial charge in [0.15, 0.2) is 5.82 Å². The van der Waals surface area contributed by atoms with Gasteiger partial charge in [0.1, 0.15) is 0 Å². The van der Waals surface area contributed by atoms with E-state index in [2.05, 4.69) is 66.6 Å². The van der Waals surface area contributed by atoms with Crippen LogP contribution in [0.25, 0.3) is 11.4 Å². The molecule has 21 heavy (non-hydrogen) atoms. The summed E-state index contributed by atoms with van der Waals surface area (Å²) >= 11 is 1.74. The van der Waals surface area contributed by atoms with Gasteiger partial charge in [0.05, 0.1) is 5.69 Å². The Labute approximate surface area is 131 Å². The molecule has 1 aromatic heterocycles. The number of hydrogen-bond acceptors (Lipinski definition) is 4. The average Bonchev–Trinajstić information content (AvgIpc) is 2.44. The zero-order chi connectivity index (χ0) is 15.5. The Hall–Kier alpha value is -1.39. The van der Waals surface area contributed by atoms with Crippen molar-refractivity contribution in [1.29, 1.82) is 0 Å². The van der Waals surface area contributed by atoms with Crippen molar-refractivity contribution >= 4 is 11.8 Å². The molecule has 4 heteroatoms. The predicted molar refractivity (Wildman–Crippen MR) is 90.6 cm³/mol. The summed E-state index contributed by atoms with van der Waals surface area (Å²) in [7, 11) is 0. The average molecular weight is 301 g/mol. The van der Waals surface area contributed by atoms with Crippen molar-refractivity contribution in [2.45, 2.75) is 44.7 Å². The number of thioether (sulfide) groups is 1. The van der Waals surface area contributed by atoms with Crippen LogP contribution in [0.2, 0.25) is 0 Å². The number of nitrogens with one attached hydrogen (secondary N) is 1. The summed E-state index contributed by atoms with van der Waals surface area (Å²) in [5.41, 5.74) is 3.17. The summed E-state index contributed by atoms with van der Waals surface area (Å²) in [6.07, 6.45) is 2.08. The van der Waals surface area contributed by atoms with Gasteiger partial charge in [-0.2, -0.15) is 0 Å². The minimum absolute atomic E-state index is 0.0824. The molecule has 2 rings (SSSR count). The summed E-state index contributed by atoms with van der Waals surface area (Å²) in [4.78, 5) is 10.5. The zero-order valence-electron chi connectivity index (χ0n) is 13.4. The van der Waals surface area contributed by atoms with Crippen LogP contribution in [0, 0.1) is 6.92 Å². The first-order valence-electron chi connectivity index (χ1n) is 7.11. The standard InChI is InChI=1S/C17H23N3S/c1-12-10-14(11-18-17(2,3)4)20-16(19-12)13-6-8-15(21-5)9-7-13/h6-10,18H,11H2,1-5H3. The Morgan fingerprint density at radius 2 is 1.76 bits per heavy atom. The Morgan fingerprint density at radius 1 is 1.10 bits per heavy atom. The highest BCUT2D eigenvalue weighted by Gasteiger charge is 2.10. The van der Waals surface area contributed by atoms with E-state index in [4.69, 9.17) is 0 Å². The van der Waals surface area contributed by atoms with Crippen LogP contribution in [0.15, 0.2) is 35.2 Å². The normalized spacial score (nSPS) is 11.7. The van der Waals surface area contributed by atoms with Gasteiger partial charge in [-0.3, -0.25) is 0 Å². The van der Waals surface area contributed by atoms with Gasteiger partial charge in [0, 0.05) is 28.2 Å². The highest BCUT2D eigenvalue weighted by molar-refractivity contribution is 7.98. The number of nitrogens with zero attached hydrogens (tertiary/aromatic N) is 2. The Morgan fingerprint density at radius 3 is 2.33 bits per heavy atom. The van der Waals surface area contributed by atoms with Crippen LogP contribution in [-0.2, 0) is 6.54 Å². The molecule has 0 amide bonds. The molecule has 0 saturated carbocycles. The van der Waals surface area contributed by atoms with E-state index in [0.29, 0.717) is 0 Å². The second-order valence-electron chi connectivity index (χ2n) is 6.16. The van der Waals surface area contributed by atoms with Gasteiger partial charge < -0.3 is 5.32 Å². The molecular weight excluding hydrogens is 278 g/mol. The van der Waals surface area contributed by atoms with Crippen LogP contribution < -0.4 is 5.32 Å². The third-order valence-electron chi connectivity index (χ3n) is 3.06. The molecule has 0 atom stereocenters. The monoisotopic (exact) mass is 301 g/mol. The summed E-state index contributed by atoms with van der Waals surface area (Å²) < 4.78 is 0. The van der Waals surface area contributed by atoms with E-state index in [0.717, 1.165) is 29.3 Å². The molecular formula is C17H23N3S. The van der Waals surface area contributed by atoms with E-state index in [-0.39, 0.29) is 5.54 Å². The summed E-state index contributed by atoms with van der Waals surface area (Å²) in [5.74, 6) is 0.799. The fraction of sp³-hybridized carbons (Fsp3) is 0.412. The van der Waals surface area contributed by atoms with Crippen LogP contribution in [0.3, 0.4) is 0 Å². The van der Waals surface area contributed by atoms with Gasteiger partial charge >= 0.3 is 0 Å². The molecule has 1 aromatic carbocycles. The fourth-order valence-corrected chi connectivity index (χ4v) is 2.36. The maximum atomic E-state index is 4.68. The van der Waals surface area contributed by atoms with Gasteiger partial charge in [-0.25, -0.2) is 9.97 Å². The second-order valence-corrected chi connectivity index (χ2v) is 7.04. The molecule has 0 fully saturated rings. The highest BCUT2D eigenvalue weighted by Crippen LogP contribution is 2.21. The Bertz CT molecular complexity index is 600. The first kappa shape index (κ1) is 16.0. The number of hydrogen-bond donors (Lipinski definition) is 1. The summed E-state index contributed by atoms with van der Waals surface area (Å²) in [5, 5.41) is 3.47. The van der Waals surface area contributed by atoms with Crippen LogP contribution in [-0.4, -0.2) is 21.8 Å². The first-order valence-corrected chi connectivity index (χ1v) is 8.34. The summed E-state index contributed by atoms with van der Waals surface area (Å²) in [6, 6.07) is 10.4. The van der Waals surface area contributed by atoms with E-state index in [1.807, 2.05) is 13.0 Å². The number of benzene rings is 1. The van der Waals surface area contributed by atoms with Crippen LogP contribution >= 0.6 is 11.8 Å². The molecule has 1 heterocycles. The molecule has 0 spiro atoms. The molecule has 0 unspecified atom stereocenters. The van der Waals surface area contributed by atoms with Crippen LogP contribution in [0.4, 0.5) is 0 Å². The van der Waals surface area contributed by atoms with Crippen molar-refractivity contribution in [3.63, 3.8) is 0 Å². The predicted octanol–water partition coefficient (Wildman–Crippen LogP) is 4.06. The maximum Gasteiger partial charge on any atom is 0.159 e. The highest BCUT2D eigenvalue weighted by atomic mass is 32.2. The molecule has 3 nitrogen and oxygen atoms in total. The minimum atomic E-state index is 0.0824. The lowest BCUT2D eigenvalue weighted by molar-refractivity contribution is 0.421. The lowest BCUT2D eigenvalue weighted by Gasteiger charge is -2.20. The zero-order valence-corrected chi connectivity index (χ0v) is 14.2. The molecule has 2 aromatic rings. The maximum absolute atomic E-state index is 4.68. The second kappa shape index (κ2) is 6.58. The third-order valence-corrected chi connectivity index (χ3v) is 3.80. The molecule has 0 aliphatic rings. The largest absolute Gasteiger partial charge is 0.306 e. The van der Waals surface area contributed by atoms with Gasteiger partial charge in [-0.15, -0.1) is 11.8 Å². The smallest absolute Gasteiger partial charge is 0.159 e. The summed E-state index contributed by atoms with van der Waals surface area (Å²) in [6.45, 7) is 9.24. The fourth-order valence-electron chi connectivity index (χ4n) is 1.95. The quantitative estimate of drug-likeness (QED) is 0.864. The minimum Gasteiger partial charge on any atom is -0.306 e. The Balaban J connectivity index is 2.25. The van der Waals surface area contributed by atoms with Gasteiger partial charge in [-0.05, 0) is 52.1 Å². The number of aryl methyl sites for hydroxylation is 1. The molecule has 112 valence electrons. The van der Waals surface area contributed by atoms with Crippen LogP contribution in [0.5, 0.6) is 0 Å². The molecule has 0 aliphatic carbocycles. The first-order chi connectivity index (χ1) is 9.87. The molecule has 1 N–H and O–H groups in total. The molecule has 0 aliphatic heterocycles. The van der Waals surface area contributed by atoms with Crippen molar-refractivity contribution in [1.82, 2.24) is 15.3 Å². The van der Waals surface area contributed by atoms with E-state index in [1.165, 1.54) is 4.90 Å². The van der Waals surface area contributed by atoms with Crippen molar-refractivity contribution in [3.8, 4) is 11.4 Å². The SMILES string of the molecule is CSc1ccc(-c2nc(C)cc(CNC(C)(C)C)n2)cc1. The third kappa shape index (κ3) is 4.83. The van der Waals surface area contributed by atoms with E-state index < -0.39 is 0 Å². The van der Waals surface area contributed by atoms with Gasteiger partial charge in [-0.1, -0.05) is 12.1 Å². The molecule has 0 saturated heterocycles. The van der Waals surface area contributed by atoms with E-state index in [9.17, 15) is 0 Å². The van der Waals surface area contributed by atoms with Crippen molar-refractivity contribution in [2.75, 3.05) is 6.26 Å². The lowest BCUT2D eigenvalue weighted by Crippen LogP contribution is -2.35. The van der Waals surface area contributed by atoms with Gasteiger partial charge in [0.25, 0.3) is 0 Å². The number of rotatable bonds is 4. The number of aromatic nitrogens is 2. The molecule has 0 radical (unpaired) electrons. The molecule has 0 bridgehead atoms. The van der Waals surface area contributed by atoms with Crippen molar-refractivity contribution in [3.05, 3.63) is 41.7 Å². The Kier molecular flexibility index (Phi) is 5.01. The lowest BCUT2D eigenvalue weighted by atomic mass is 10.1. The van der Waals surface area contributed by atoms with E-state index in [1.54, 1.807) is 11.8 Å².